The highest BCUT2D eigenvalue weighted by atomic mass is 16.2. The van der Waals surface area contributed by atoms with Gasteiger partial charge in [0.15, 0.2) is 0 Å². The van der Waals surface area contributed by atoms with Crippen molar-refractivity contribution >= 4 is 17.5 Å². The van der Waals surface area contributed by atoms with E-state index in [9.17, 15) is 9.59 Å². The first-order chi connectivity index (χ1) is 13.4. The zero-order valence-corrected chi connectivity index (χ0v) is 17.4. The van der Waals surface area contributed by atoms with E-state index in [2.05, 4.69) is 12.2 Å². The first kappa shape index (κ1) is 20.8. The summed E-state index contributed by atoms with van der Waals surface area (Å²) in [4.78, 5) is 27.4. The Hall–Kier alpha value is -1.88. The van der Waals surface area contributed by atoms with Gasteiger partial charge in [-0.1, -0.05) is 26.2 Å². The van der Waals surface area contributed by atoms with Crippen molar-refractivity contribution in [3.63, 3.8) is 0 Å². The van der Waals surface area contributed by atoms with Gasteiger partial charge in [0.05, 0.1) is 0 Å². The predicted octanol–water partition coefficient (Wildman–Crippen LogP) is 4.10. The summed E-state index contributed by atoms with van der Waals surface area (Å²) < 4.78 is 0. The molecule has 0 aromatic heterocycles. The van der Waals surface area contributed by atoms with Crippen LogP contribution < -0.4 is 11.1 Å². The molecule has 0 atom stereocenters. The van der Waals surface area contributed by atoms with E-state index in [1.54, 1.807) is 0 Å². The van der Waals surface area contributed by atoms with Gasteiger partial charge in [-0.2, -0.15) is 0 Å². The third-order valence-corrected chi connectivity index (χ3v) is 6.70. The molecule has 1 aliphatic carbocycles. The summed E-state index contributed by atoms with van der Waals surface area (Å²) in [6.45, 7) is 6.42. The average Bonchev–Trinajstić information content (AvgIpc) is 2.70. The number of benzene rings is 1. The number of likely N-dealkylation sites (tertiary alicyclic amines) is 1. The molecule has 0 radical (unpaired) electrons. The molecular formula is C23H35N3O2. The minimum Gasteiger partial charge on any atom is -0.339 e. The second-order valence-electron chi connectivity index (χ2n) is 8.99. The summed E-state index contributed by atoms with van der Waals surface area (Å²) in [5.74, 6) is 0.820. The maximum atomic E-state index is 12.8. The van der Waals surface area contributed by atoms with Crippen molar-refractivity contribution in [3.05, 3.63) is 29.3 Å². The number of amides is 2. The van der Waals surface area contributed by atoms with Gasteiger partial charge in [-0.25, -0.2) is 0 Å². The number of hydrogen-bond acceptors (Lipinski definition) is 3. The first-order valence-electron chi connectivity index (χ1n) is 10.8. The van der Waals surface area contributed by atoms with Gasteiger partial charge in [0.1, 0.15) is 0 Å². The lowest BCUT2D eigenvalue weighted by atomic mass is 9.71. The average molecular weight is 386 g/mol. The van der Waals surface area contributed by atoms with Gasteiger partial charge in [-0.15, -0.1) is 0 Å². The van der Waals surface area contributed by atoms with Crippen molar-refractivity contribution in [2.24, 2.45) is 17.1 Å². The lowest BCUT2D eigenvalue weighted by Crippen LogP contribution is -2.38. The van der Waals surface area contributed by atoms with E-state index in [0.29, 0.717) is 24.4 Å². The highest BCUT2D eigenvalue weighted by Crippen LogP contribution is 2.38. The smallest absolute Gasteiger partial charge is 0.253 e. The van der Waals surface area contributed by atoms with Crippen molar-refractivity contribution in [2.45, 2.75) is 65.2 Å². The third-order valence-electron chi connectivity index (χ3n) is 6.70. The molecule has 1 saturated carbocycles. The number of carbonyl (C=O) groups excluding carboxylic acids is 2. The quantitative estimate of drug-likeness (QED) is 0.801. The lowest BCUT2D eigenvalue weighted by Gasteiger charge is -2.35. The number of anilines is 1. The number of hydrogen-bond donors (Lipinski definition) is 2. The fourth-order valence-electron chi connectivity index (χ4n) is 4.62. The van der Waals surface area contributed by atoms with Crippen molar-refractivity contribution < 1.29 is 9.59 Å². The SMILES string of the molecule is Cc1cc(C(=O)N2CCC(C)CC2)ccc1NC(=O)CC1(CN)CCCCC1. The monoisotopic (exact) mass is 385 g/mol. The van der Waals surface area contributed by atoms with E-state index in [1.165, 1.54) is 6.42 Å². The van der Waals surface area contributed by atoms with Crippen LogP contribution in [0.1, 0.15) is 74.2 Å². The van der Waals surface area contributed by atoms with Crippen molar-refractivity contribution in [1.29, 1.82) is 0 Å². The van der Waals surface area contributed by atoms with E-state index in [1.807, 2.05) is 30.0 Å². The Kier molecular flexibility index (Phi) is 6.76. The Bertz CT molecular complexity index is 702. The second-order valence-corrected chi connectivity index (χ2v) is 8.99. The van der Waals surface area contributed by atoms with Crippen LogP contribution >= 0.6 is 0 Å². The topological polar surface area (TPSA) is 75.4 Å². The number of rotatable bonds is 5. The Morgan fingerprint density at radius 3 is 2.46 bits per heavy atom. The van der Waals surface area contributed by atoms with Crippen LogP contribution in [-0.4, -0.2) is 36.3 Å². The molecule has 2 amide bonds. The zero-order chi connectivity index (χ0) is 20.1. The molecule has 3 N–H and O–H groups in total. The Balaban J connectivity index is 1.62. The maximum absolute atomic E-state index is 12.8. The van der Waals surface area contributed by atoms with Crippen molar-refractivity contribution in [2.75, 3.05) is 25.0 Å². The molecular weight excluding hydrogens is 350 g/mol. The van der Waals surface area contributed by atoms with Gasteiger partial charge < -0.3 is 16.0 Å². The normalized spacial score (nSPS) is 20.0. The lowest BCUT2D eigenvalue weighted by molar-refractivity contribution is -0.118. The minimum absolute atomic E-state index is 0.0274. The molecule has 5 nitrogen and oxygen atoms in total. The Morgan fingerprint density at radius 1 is 1.18 bits per heavy atom. The van der Waals surface area contributed by atoms with Crippen molar-refractivity contribution in [3.8, 4) is 0 Å². The zero-order valence-electron chi connectivity index (χ0n) is 17.4. The van der Waals surface area contributed by atoms with Gasteiger partial charge in [0, 0.05) is 30.8 Å². The summed E-state index contributed by atoms with van der Waals surface area (Å²) in [5, 5.41) is 3.05. The summed E-state index contributed by atoms with van der Waals surface area (Å²) in [6, 6.07) is 5.60. The van der Waals surface area contributed by atoms with Gasteiger partial charge in [0.25, 0.3) is 5.91 Å². The van der Waals surface area contributed by atoms with Crippen LogP contribution in [0, 0.1) is 18.3 Å². The number of nitrogens with zero attached hydrogens (tertiary/aromatic N) is 1. The van der Waals surface area contributed by atoms with E-state index < -0.39 is 0 Å². The van der Waals surface area contributed by atoms with Gasteiger partial charge in [-0.05, 0) is 74.2 Å². The minimum atomic E-state index is -0.0441. The number of nitrogens with one attached hydrogen (secondary N) is 1. The van der Waals surface area contributed by atoms with Gasteiger partial charge in [-0.3, -0.25) is 9.59 Å². The third kappa shape index (κ3) is 4.93. The van der Waals surface area contributed by atoms with Crippen LogP contribution in [0.15, 0.2) is 18.2 Å². The van der Waals surface area contributed by atoms with E-state index in [-0.39, 0.29) is 17.2 Å². The van der Waals surface area contributed by atoms with Crippen LogP contribution in [0.2, 0.25) is 0 Å². The molecule has 2 fully saturated rings. The summed E-state index contributed by atoms with van der Waals surface area (Å²) in [6.07, 6.45) is 8.27. The predicted molar refractivity (Wildman–Crippen MR) is 113 cm³/mol. The molecule has 1 saturated heterocycles. The molecule has 3 rings (SSSR count). The fourth-order valence-corrected chi connectivity index (χ4v) is 4.62. The molecule has 1 aromatic carbocycles. The van der Waals surface area contributed by atoms with Crippen LogP contribution in [0.3, 0.4) is 0 Å². The standard InChI is InChI=1S/C23H35N3O2/c1-17-8-12-26(13-9-17)22(28)19-6-7-20(18(2)14-19)25-21(27)15-23(16-24)10-4-3-5-11-23/h6-7,14,17H,3-5,8-13,15-16,24H2,1-2H3,(H,25,27). The second kappa shape index (κ2) is 9.08. The van der Waals surface area contributed by atoms with Crippen LogP contribution in [0.25, 0.3) is 0 Å². The van der Waals surface area contributed by atoms with E-state index >= 15 is 0 Å². The molecule has 154 valence electrons. The molecule has 1 aliphatic heterocycles. The molecule has 0 bridgehead atoms. The first-order valence-corrected chi connectivity index (χ1v) is 10.8. The fraction of sp³-hybridized carbons (Fsp3) is 0.652. The highest BCUT2D eigenvalue weighted by molar-refractivity contribution is 5.96. The molecule has 1 heterocycles. The van der Waals surface area contributed by atoms with Crippen LogP contribution in [0.5, 0.6) is 0 Å². The molecule has 0 unspecified atom stereocenters. The Morgan fingerprint density at radius 2 is 1.86 bits per heavy atom. The summed E-state index contributed by atoms with van der Waals surface area (Å²) in [7, 11) is 0. The van der Waals surface area contributed by atoms with Gasteiger partial charge in [0.2, 0.25) is 5.91 Å². The largest absolute Gasteiger partial charge is 0.339 e. The number of nitrogens with two attached hydrogens (primary N) is 1. The molecule has 5 heteroatoms. The Labute approximate surface area is 169 Å². The van der Waals surface area contributed by atoms with Crippen LogP contribution in [-0.2, 0) is 4.79 Å². The molecule has 2 aliphatic rings. The van der Waals surface area contributed by atoms with Crippen LogP contribution in [0.4, 0.5) is 5.69 Å². The number of piperidine rings is 1. The van der Waals surface area contributed by atoms with E-state index in [4.69, 9.17) is 5.73 Å². The van der Waals surface area contributed by atoms with E-state index in [0.717, 1.165) is 62.9 Å². The van der Waals surface area contributed by atoms with Crippen molar-refractivity contribution in [1.82, 2.24) is 4.90 Å². The number of carbonyl (C=O) groups is 2. The number of aryl methyl sites for hydroxylation is 1. The summed E-state index contributed by atoms with van der Waals surface area (Å²) in [5.41, 5.74) is 8.40. The highest BCUT2D eigenvalue weighted by Gasteiger charge is 2.33. The molecule has 1 aromatic rings. The maximum Gasteiger partial charge on any atom is 0.253 e. The summed E-state index contributed by atoms with van der Waals surface area (Å²) >= 11 is 0. The molecule has 28 heavy (non-hydrogen) atoms. The molecule has 0 spiro atoms. The van der Waals surface area contributed by atoms with Gasteiger partial charge >= 0.3 is 0 Å².